The van der Waals surface area contributed by atoms with Crippen molar-refractivity contribution in [2.24, 2.45) is 0 Å². The number of nitrogens with one attached hydrogen (secondary N) is 1. The quantitative estimate of drug-likeness (QED) is 0.549. The molecule has 1 N–H and O–H groups in total. The Morgan fingerprint density at radius 1 is 1.28 bits per heavy atom. The number of hydrogen-bond donors (Lipinski definition) is 1. The minimum atomic E-state index is 0.823. The molecule has 0 aromatic heterocycles. The maximum atomic E-state index is 4.19. The summed E-state index contributed by atoms with van der Waals surface area (Å²) >= 11 is 0. The normalized spacial score (nSPS) is 25.9. The highest BCUT2D eigenvalue weighted by Gasteiger charge is 2.28. The lowest BCUT2D eigenvalue weighted by atomic mass is 10.2. The van der Waals surface area contributed by atoms with Crippen molar-refractivity contribution in [2.45, 2.75) is 38.6 Å². The fourth-order valence-corrected chi connectivity index (χ4v) is 3.17. The highest BCUT2D eigenvalue weighted by atomic mass is 15.3. The van der Waals surface area contributed by atoms with Crippen LogP contribution in [0.3, 0.4) is 0 Å². The van der Waals surface area contributed by atoms with Gasteiger partial charge in [-0.3, -0.25) is 9.80 Å². The Morgan fingerprint density at radius 3 is 2.78 bits per heavy atom. The Hall–Kier alpha value is -0.380. The molecule has 104 valence electrons. The third kappa shape index (κ3) is 4.08. The van der Waals surface area contributed by atoms with Gasteiger partial charge in [0.1, 0.15) is 0 Å². The summed E-state index contributed by atoms with van der Waals surface area (Å²) in [5.41, 5.74) is 1.34. The average Bonchev–Trinajstić information content (AvgIpc) is 2.98. The van der Waals surface area contributed by atoms with Gasteiger partial charge in [0.25, 0.3) is 0 Å². The number of nitrogens with zero attached hydrogens (tertiary/aromatic N) is 2. The molecule has 3 heteroatoms. The van der Waals surface area contributed by atoms with Crippen LogP contribution in [0.2, 0.25) is 0 Å². The number of likely N-dealkylation sites (tertiary alicyclic amines) is 2. The van der Waals surface area contributed by atoms with E-state index in [2.05, 4.69) is 28.6 Å². The first-order chi connectivity index (χ1) is 8.79. The molecule has 0 aromatic rings. The van der Waals surface area contributed by atoms with Gasteiger partial charge < -0.3 is 5.32 Å². The van der Waals surface area contributed by atoms with Gasteiger partial charge in [-0.1, -0.05) is 13.5 Å². The third-order valence-corrected chi connectivity index (χ3v) is 4.15. The summed E-state index contributed by atoms with van der Waals surface area (Å²) in [5.74, 6) is 0. The lowest BCUT2D eigenvalue weighted by Gasteiger charge is -2.24. The van der Waals surface area contributed by atoms with Crippen molar-refractivity contribution in [1.29, 1.82) is 0 Å². The zero-order valence-corrected chi connectivity index (χ0v) is 12.0. The number of rotatable bonds is 7. The van der Waals surface area contributed by atoms with E-state index in [1.807, 2.05) is 0 Å². The molecule has 2 aliphatic rings. The lowest BCUT2D eigenvalue weighted by molar-refractivity contribution is 0.236. The van der Waals surface area contributed by atoms with Crippen LogP contribution in [0.5, 0.6) is 0 Å². The molecule has 0 amide bonds. The van der Waals surface area contributed by atoms with Crippen LogP contribution < -0.4 is 5.32 Å². The molecule has 0 bridgehead atoms. The van der Waals surface area contributed by atoms with Crippen LogP contribution in [0.15, 0.2) is 12.2 Å². The van der Waals surface area contributed by atoms with Crippen molar-refractivity contribution in [1.82, 2.24) is 15.1 Å². The van der Waals surface area contributed by atoms with Crippen molar-refractivity contribution in [3.63, 3.8) is 0 Å². The average molecular weight is 251 g/mol. The van der Waals surface area contributed by atoms with E-state index in [0.29, 0.717) is 0 Å². The summed E-state index contributed by atoms with van der Waals surface area (Å²) in [4.78, 5) is 5.27. The summed E-state index contributed by atoms with van der Waals surface area (Å²) in [5, 5.41) is 3.44. The van der Waals surface area contributed by atoms with Crippen LogP contribution >= 0.6 is 0 Å². The van der Waals surface area contributed by atoms with Crippen LogP contribution in [0, 0.1) is 0 Å². The Balaban J connectivity index is 1.64. The Kier molecular flexibility index (Phi) is 5.67. The predicted molar refractivity (Wildman–Crippen MR) is 78.0 cm³/mol. The molecule has 2 aliphatic heterocycles. The molecule has 3 nitrogen and oxygen atoms in total. The first-order valence-electron chi connectivity index (χ1n) is 7.63. The van der Waals surface area contributed by atoms with E-state index in [1.54, 1.807) is 0 Å². The Bertz CT molecular complexity index is 258. The summed E-state index contributed by atoms with van der Waals surface area (Å²) in [6.07, 6.45) is 5.37. The molecular formula is C15H29N3. The highest BCUT2D eigenvalue weighted by molar-refractivity contribution is 5.01. The van der Waals surface area contributed by atoms with Crippen molar-refractivity contribution >= 4 is 0 Å². The monoisotopic (exact) mass is 251 g/mol. The van der Waals surface area contributed by atoms with Gasteiger partial charge in [-0.15, -0.1) is 0 Å². The van der Waals surface area contributed by atoms with Gasteiger partial charge in [0.15, 0.2) is 0 Å². The molecular weight excluding hydrogens is 222 g/mol. The minimum Gasteiger partial charge on any atom is -0.313 e. The van der Waals surface area contributed by atoms with E-state index < -0.39 is 0 Å². The minimum absolute atomic E-state index is 0.823. The second-order valence-corrected chi connectivity index (χ2v) is 5.85. The van der Waals surface area contributed by atoms with Gasteiger partial charge >= 0.3 is 0 Å². The van der Waals surface area contributed by atoms with Crippen LogP contribution in [0.25, 0.3) is 0 Å². The SMILES string of the molecule is C=C(CNCCC)CN1CCC(N2CCCC2)C1. The molecule has 2 saturated heterocycles. The molecule has 2 rings (SSSR count). The maximum absolute atomic E-state index is 4.19. The Labute approximate surface area is 112 Å². The summed E-state index contributed by atoms with van der Waals surface area (Å²) in [6, 6.07) is 0.823. The molecule has 0 radical (unpaired) electrons. The van der Waals surface area contributed by atoms with Crippen molar-refractivity contribution in [3.8, 4) is 0 Å². The van der Waals surface area contributed by atoms with Gasteiger partial charge in [-0.25, -0.2) is 0 Å². The first kappa shape index (κ1) is 14.0. The molecule has 0 saturated carbocycles. The molecule has 1 atom stereocenters. The second-order valence-electron chi connectivity index (χ2n) is 5.85. The molecule has 0 aromatic carbocycles. The molecule has 2 heterocycles. The zero-order valence-electron chi connectivity index (χ0n) is 12.0. The predicted octanol–water partition coefficient (Wildman–Crippen LogP) is 1.71. The van der Waals surface area contributed by atoms with Crippen LogP contribution in [-0.2, 0) is 0 Å². The van der Waals surface area contributed by atoms with Gasteiger partial charge in [-0.2, -0.15) is 0 Å². The molecule has 18 heavy (non-hydrogen) atoms. The Morgan fingerprint density at radius 2 is 2.06 bits per heavy atom. The topological polar surface area (TPSA) is 18.5 Å². The summed E-state index contributed by atoms with van der Waals surface area (Å²) in [6.45, 7) is 14.8. The van der Waals surface area contributed by atoms with Gasteiger partial charge in [-0.05, 0) is 50.9 Å². The van der Waals surface area contributed by atoms with E-state index >= 15 is 0 Å². The van der Waals surface area contributed by atoms with Crippen LogP contribution in [0.1, 0.15) is 32.6 Å². The van der Waals surface area contributed by atoms with E-state index in [-0.39, 0.29) is 0 Å². The first-order valence-corrected chi connectivity index (χ1v) is 7.63. The largest absolute Gasteiger partial charge is 0.313 e. The highest BCUT2D eigenvalue weighted by Crippen LogP contribution is 2.20. The van der Waals surface area contributed by atoms with E-state index in [9.17, 15) is 0 Å². The smallest absolute Gasteiger partial charge is 0.0235 e. The van der Waals surface area contributed by atoms with E-state index in [0.717, 1.165) is 25.7 Å². The second kappa shape index (κ2) is 7.27. The van der Waals surface area contributed by atoms with Gasteiger partial charge in [0, 0.05) is 32.2 Å². The van der Waals surface area contributed by atoms with Crippen molar-refractivity contribution in [2.75, 3.05) is 45.8 Å². The van der Waals surface area contributed by atoms with Crippen molar-refractivity contribution in [3.05, 3.63) is 12.2 Å². The molecule has 1 unspecified atom stereocenters. The van der Waals surface area contributed by atoms with E-state index in [4.69, 9.17) is 0 Å². The molecule has 0 aliphatic carbocycles. The zero-order chi connectivity index (χ0) is 12.8. The fraction of sp³-hybridized carbons (Fsp3) is 0.867. The fourth-order valence-electron chi connectivity index (χ4n) is 3.17. The summed E-state index contributed by atoms with van der Waals surface area (Å²) in [7, 11) is 0. The lowest BCUT2D eigenvalue weighted by Crippen LogP contribution is -2.36. The summed E-state index contributed by atoms with van der Waals surface area (Å²) < 4.78 is 0. The van der Waals surface area contributed by atoms with Crippen LogP contribution in [-0.4, -0.2) is 61.7 Å². The maximum Gasteiger partial charge on any atom is 0.0235 e. The number of hydrogen-bond acceptors (Lipinski definition) is 3. The van der Waals surface area contributed by atoms with Gasteiger partial charge in [0.05, 0.1) is 0 Å². The van der Waals surface area contributed by atoms with Crippen LogP contribution in [0.4, 0.5) is 0 Å². The van der Waals surface area contributed by atoms with Crippen molar-refractivity contribution < 1.29 is 0 Å². The standard InChI is InChI=1S/C15H29N3/c1-3-7-16-11-14(2)12-17-10-6-15(13-17)18-8-4-5-9-18/h15-16H,2-13H2,1H3. The van der Waals surface area contributed by atoms with Gasteiger partial charge in [0.2, 0.25) is 0 Å². The molecule has 0 spiro atoms. The van der Waals surface area contributed by atoms with E-state index in [1.165, 1.54) is 57.4 Å². The molecule has 2 fully saturated rings. The third-order valence-electron chi connectivity index (χ3n) is 4.15.